The first-order valence-electron chi connectivity index (χ1n) is 5.47. The second-order valence-corrected chi connectivity index (χ2v) is 6.57. The summed E-state index contributed by atoms with van der Waals surface area (Å²) in [7, 11) is -3.41. The quantitative estimate of drug-likeness (QED) is 0.639. The van der Waals surface area contributed by atoms with Crippen LogP contribution in [0.5, 0.6) is 0 Å². The molecule has 0 saturated heterocycles. The molecule has 9 nitrogen and oxygen atoms in total. The molecule has 1 rings (SSSR count). The van der Waals surface area contributed by atoms with Crippen molar-refractivity contribution in [3.63, 3.8) is 0 Å². The van der Waals surface area contributed by atoms with E-state index in [0.717, 1.165) is 12.3 Å². The molecule has 112 valence electrons. The lowest BCUT2D eigenvalue weighted by Crippen LogP contribution is -2.51. The average molecular weight is 305 g/mol. The molecule has 0 aliphatic rings. The lowest BCUT2D eigenvalue weighted by Gasteiger charge is -2.24. The third kappa shape index (κ3) is 4.97. The molecular weight excluding hydrogens is 290 g/mol. The van der Waals surface area contributed by atoms with Crippen LogP contribution < -0.4 is 10.0 Å². The van der Waals surface area contributed by atoms with Gasteiger partial charge in [-0.1, -0.05) is 5.16 Å². The fraction of sp³-hybridized carbons (Fsp3) is 0.500. The minimum absolute atomic E-state index is 0.00579. The van der Waals surface area contributed by atoms with Crippen molar-refractivity contribution in [2.75, 3.05) is 12.8 Å². The van der Waals surface area contributed by atoms with E-state index < -0.39 is 33.2 Å². The number of hydrogen-bond acceptors (Lipinski definition) is 6. The van der Waals surface area contributed by atoms with Gasteiger partial charge in [0.25, 0.3) is 5.91 Å². The van der Waals surface area contributed by atoms with Crippen LogP contribution in [0.3, 0.4) is 0 Å². The first-order chi connectivity index (χ1) is 9.00. The van der Waals surface area contributed by atoms with Crippen molar-refractivity contribution in [3.8, 4) is 0 Å². The van der Waals surface area contributed by atoms with Crippen molar-refractivity contribution in [2.45, 2.75) is 19.4 Å². The maximum Gasteiger partial charge on any atom is 0.374 e. The van der Waals surface area contributed by atoms with Gasteiger partial charge in [0.05, 0.1) is 6.26 Å². The minimum Gasteiger partial charge on any atom is -0.475 e. The van der Waals surface area contributed by atoms with E-state index in [4.69, 9.17) is 5.11 Å². The van der Waals surface area contributed by atoms with E-state index in [2.05, 4.69) is 19.7 Å². The molecule has 0 atom stereocenters. The summed E-state index contributed by atoms with van der Waals surface area (Å²) in [6.07, 6.45) is 1.01. The molecule has 0 aromatic carbocycles. The van der Waals surface area contributed by atoms with Crippen LogP contribution in [0.15, 0.2) is 10.6 Å². The normalized spacial score (nSPS) is 12.2. The van der Waals surface area contributed by atoms with Crippen molar-refractivity contribution in [2.24, 2.45) is 0 Å². The van der Waals surface area contributed by atoms with E-state index in [9.17, 15) is 18.0 Å². The first-order valence-corrected chi connectivity index (χ1v) is 7.36. The van der Waals surface area contributed by atoms with Crippen molar-refractivity contribution in [1.29, 1.82) is 0 Å². The van der Waals surface area contributed by atoms with E-state index in [0.29, 0.717) is 0 Å². The zero-order chi connectivity index (χ0) is 15.6. The highest BCUT2D eigenvalue weighted by atomic mass is 32.2. The van der Waals surface area contributed by atoms with Crippen LogP contribution in [0.2, 0.25) is 0 Å². The molecule has 0 bridgehead atoms. The SMILES string of the molecule is CC(C)(CNC(=O)c1cc(C(=O)O)on1)NS(C)(=O)=O. The number of carboxylic acids is 1. The zero-order valence-electron chi connectivity index (χ0n) is 11.1. The highest BCUT2D eigenvalue weighted by Crippen LogP contribution is 2.05. The average Bonchev–Trinajstić information content (AvgIpc) is 2.71. The Bertz CT molecular complexity index is 619. The molecule has 1 aromatic rings. The van der Waals surface area contributed by atoms with Gasteiger partial charge >= 0.3 is 5.97 Å². The van der Waals surface area contributed by atoms with Crippen LogP contribution >= 0.6 is 0 Å². The highest BCUT2D eigenvalue weighted by Gasteiger charge is 2.24. The van der Waals surface area contributed by atoms with Gasteiger partial charge < -0.3 is 14.9 Å². The topological polar surface area (TPSA) is 139 Å². The maximum absolute atomic E-state index is 11.7. The van der Waals surface area contributed by atoms with Gasteiger partial charge in [-0.05, 0) is 13.8 Å². The number of carbonyl (C=O) groups is 2. The lowest BCUT2D eigenvalue weighted by molar-refractivity contribution is 0.0651. The Kier molecular flexibility index (Phi) is 4.50. The summed E-state index contributed by atoms with van der Waals surface area (Å²) in [5, 5.41) is 14.4. The summed E-state index contributed by atoms with van der Waals surface area (Å²) in [4.78, 5) is 22.3. The van der Waals surface area contributed by atoms with E-state index in [1.54, 1.807) is 13.8 Å². The Hall–Kier alpha value is -1.94. The second kappa shape index (κ2) is 5.59. The van der Waals surface area contributed by atoms with Crippen LogP contribution in [0.4, 0.5) is 0 Å². The number of aromatic nitrogens is 1. The van der Waals surface area contributed by atoms with Crippen molar-refractivity contribution < 1.29 is 27.6 Å². The molecule has 0 unspecified atom stereocenters. The maximum atomic E-state index is 11.7. The number of aromatic carboxylic acids is 1. The van der Waals surface area contributed by atoms with Crippen molar-refractivity contribution in [3.05, 3.63) is 17.5 Å². The molecule has 1 aromatic heterocycles. The smallest absolute Gasteiger partial charge is 0.374 e. The van der Waals surface area contributed by atoms with E-state index in [1.807, 2.05) is 0 Å². The molecule has 0 radical (unpaired) electrons. The number of rotatable bonds is 6. The van der Waals surface area contributed by atoms with E-state index in [1.165, 1.54) is 0 Å². The third-order valence-electron chi connectivity index (χ3n) is 2.11. The van der Waals surface area contributed by atoms with E-state index >= 15 is 0 Å². The van der Waals surface area contributed by atoms with Gasteiger partial charge in [-0.25, -0.2) is 17.9 Å². The number of carbonyl (C=O) groups excluding carboxylic acids is 1. The van der Waals surface area contributed by atoms with Gasteiger partial charge in [0.2, 0.25) is 15.8 Å². The van der Waals surface area contributed by atoms with Gasteiger partial charge in [0.1, 0.15) is 0 Å². The molecule has 10 heteroatoms. The number of carboxylic acid groups (broad SMARTS) is 1. The zero-order valence-corrected chi connectivity index (χ0v) is 11.9. The van der Waals surface area contributed by atoms with Crippen molar-refractivity contribution >= 4 is 21.9 Å². The lowest BCUT2D eigenvalue weighted by atomic mass is 10.1. The fourth-order valence-corrected chi connectivity index (χ4v) is 2.49. The summed E-state index contributed by atoms with van der Waals surface area (Å²) >= 11 is 0. The Morgan fingerprint density at radius 3 is 2.50 bits per heavy atom. The number of amides is 1. The predicted octanol–water partition coefficient (Wildman–Crippen LogP) is -0.570. The predicted molar refractivity (Wildman–Crippen MR) is 67.9 cm³/mol. The summed E-state index contributed by atoms with van der Waals surface area (Å²) in [6.45, 7) is 3.16. The summed E-state index contributed by atoms with van der Waals surface area (Å²) < 4.78 is 29.0. The van der Waals surface area contributed by atoms with Crippen LogP contribution in [0.1, 0.15) is 34.9 Å². The van der Waals surface area contributed by atoms with Crippen LogP contribution in [-0.4, -0.2) is 48.9 Å². The van der Waals surface area contributed by atoms with Gasteiger partial charge in [0, 0.05) is 18.2 Å². The first kappa shape index (κ1) is 16.1. The minimum atomic E-state index is -3.41. The molecule has 1 amide bonds. The van der Waals surface area contributed by atoms with Crippen LogP contribution in [-0.2, 0) is 10.0 Å². The fourth-order valence-electron chi connectivity index (χ4n) is 1.41. The number of nitrogens with one attached hydrogen (secondary N) is 2. The van der Waals surface area contributed by atoms with Crippen molar-refractivity contribution in [1.82, 2.24) is 15.2 Å². The van der Waals surface area contributed by atoms with Gasteiger partial charge in [-0.3, -0.25) is 4.79 Å². The van der Waals surface area contributed by atoms with Gasteiger partial charge in [0.15, 0.2) is 5.69 Å². The summed E-state index contributed by atoms with van der Waals surface area (Å²) in [5.41, 5.74) is -1.10. The second-order valence-electron chi connectivity index (χ2n) is 4.82. The standard InChI is InChI=1S/C10H15N3O6S/c1-10(2,13-20(3,17)18)5-11-8(14)6-4-7(9(15)16)19-12-6/h4,13H,5H2,1-3H3,(H,11,14)(H,15,16). The molecule has 1 heterocycles. The largest absolute Gasteiger partial charge is 0.475 e. The molecule has 0 fully saturated rings. The third-order valence-corrected chi connectivity index (χ3v) is 3.03. The van der Waals surface area contributed by atoms with Gasteiger partial charge in [-0.15, -0.1) is 0 Å². The Labute approximate surface area is 115 Å². The van der Waals surface area contributed by atoms with Gasteiger partial charge in [-0.2, -0.15) is 0 Å². The number of sulfonamides is 1. The summed E-state index contributed by atoms with van der Waals surface area (Å²) in [6, 6.07) is 0.981. The molecule has 20 heavy (non-hydrogen) atoms. The Morgan fingerprint density at radius 1 is 1.45 bits per heavy atom. The Balaban J connectivity index is 2.64. The molecule has 0 aliphatic heterocycles. The number of hydrogen-bond donors (Lipinski definition) is 3. The molecule has 0 saturated carbocycles. The molecule has 3 N–H and O–H groups in total. The number of nitrogens with zero attached hydrogens (tertiary/aromatic N) is 1. The summed E-state index contributed by atoms with van der Waals surface area (Å²) in [5.74, 6) is -2.45. The highest BCUT2D eigenvalue weighted by molar-refractivity contribution is 7.88. The van der Waals surface area contributed by atoms with Crippen LogP contribution in [0.25, 0.3) is 0 Å². The molecule has 0 aliphatic carbocycles. The molecular formula is C10H15N3O6S. The Morgan fingerprint density at radius 2 is 2.05 bits per heavy atom. The van der Waals surface area contributed by atoms with Crippen LogP contribution in [0, 0.1) is 0 Å². The van der Waals surface area contributed by atoms with E-state index in [-0.39, 0.29) is 12.2 Å². The molecule has 0 spiro atoms. The monoisotopic (exact) mass is 305 g/mol.